The van der Waals surface area contributed by atoms with E-state index in [9.17, 15) is 13.2 Å². The van der Waals surface area contributed by atoms with Gasteiger partial charge >= 0.3 is 0 Å². The van der Waals surface area contributed by atoms with Crippen molar-refractivity contribution in [1.29, 1.82) is 5.26 Å². The number of nitriles is 1. The summed E-state index contributed by atoms with van der Waals surface area (Å²) in [5.74, 6) is -0.381. The van der Waals surface area contributed by atoms with Crippen LogP contribution in [-0.4, -0.2) is 56.4 Å². The van der Waals surface area contributed by atoms with Gasteiger partial charge in [-0.15, -0.1) is 0 Å². The molecule has 0 saturated carbocycles. The summed E-state index contributed by atoms with van der Waals surface area (Å²) >= 11 is 1.31. The molecule has 0 aliphatic carbocycles. The smallest absolute Gasteiger partial charge is 0.262 e. The van der Waals surface area contributed by atoms with E-state index in [2.05, 4.69) is 4.99 Å². The number of anilines is 2. The molecule has 1 aromatic rings. The predicted molar refractivity (Wildman–Crippen MR) is 99.7 cm³/mol. The van der Waals surface area contributed by atoms with Crippen LogP contribution in [0.1, 0.15) is 6.42 Å². The summed E-state index contributed by atoms with van der Waals surface area (Å²) in [6, 6.07) is 9.22. The van der Waals surface area contributed by atoms with E-state index in [4.69, 9.17) is 5.26 Å². The van der Waals surface area contributed by atoms with Crippen LogP contribution in [0, 0.1) is 11.3 Å². The topological polar surface area (TPSA) is 93.8 Å². The van der Waals surface area contributed by atoms with Gasteiger partial charge in [0.2, 0.25) is 0 Å². The van der Waals surface area contributed by atoms with Crippen LogP contribution in [0.25, 0.3) is 0 Å². The van der Waals surface area contributed by atoms with E-state index in [1.807, 2.05) is 48.2 Å². The maximum absolute atomic E-state index is 12.0. The lowest BCUT2D eigenvalue weighted by atomic mass is 10.2. The Labute approximate surface area is 151 Å². The lowest BCUT2D eigenvalue weighted by Crippen LogP contribution is -2.37. The largest absolute Gasteiger partial charge is 0.378 e. The number of hydrogen-bond donors (Lipinski definition) is 0. The maximum atomic E-state index is 12.0. The van der Waals surface area contributed by atoms with Crippen molar-refractivity contribution >= 4 is 44.0 Å². The first-order valence-corrected chi connectivity index (χ1v) is 10.4. The molecule has 7 nitrogen and oxygen atoms in total. The summed E-state index contributed by atoms with van der Waals surface area (Å²) in [5.41, 5.74) is 1.82. The van der Waals surface area contributed by atoms with Gasteiger partial charge in [0, 0.05) is 30.7 Å². The SMILES string of the molecule is CN(C)c1ccc(N2C(=NC(=O)CC#N)SC3CS(=O)(=O)CC32)cc1. The third kappa shape index (κ3) is 3.65. The molecule has 3 rings (SSSR count). The third-order valence-corrected chi connectivity index (χ3v) is 7.37. The summed E-state index contributed by atoms with van der Waals surface area (Å²) in [4.78, 5) is 19.6. The Bertz CT molecular complexity index is 856. The Morgan fingerprint density at radius 2 is 2.04 bits per heavy atom. The molecule has 0 radical (unpaired) electrons. The number of carbonyl (C=O) groups excluding carboxylic acids is 1. The van der Waals surface area contributed by atoms with Gasteiger partial charge in [-0.3, -0.25) is 4.79 Å². The van der Waals surface area contributed by atoms with Gasteiger partial charge in [-0.1, -0.05) is 11.8 Å². The summed E-state index contributed by atoms with van der Waals surface area (Å²) in [6.07, 6.45) is -0.287. The quantitative estimate of drug-likeness (QED) is 0.782. The number of fused-ring (bicyclic) bond motifs is 1. The van der Waals surface area contributed by atoms with Crippen LogP contribution >= 0.6 is 11.8 Å². The number of nitrogens with zero attached hydrogens (tertiary/aromatic N) is 4. The van der Waals surface area contributed by atoms with Crippen LogP contribution in [0.4, 0.5) is 11.4 Å². The Morgan fingerprint density at radius 3 is 2.64 bits per heavy atom. The van der Waals surface area contributed by atoms with Crippen LogP contribution in [0.3, 0.4) is 0 Å². The molecule has 0 spiro atoms. The van der Waals surface area contributed by atoms with Crippen molar-refractivity contribution in [3.05, 3.63) is 24.3 Å². The van der Waals surface area contributed by atoms with E-state index in [1.165, 1.54) is 11.8 Å². The summed E-state index contributed by atoms with van der Waals surface area (Å²) in [6.45, 7) is 0. The Morgan fingerprint density at radius 1 is 1.36 bits per heavy atom. The second-order valence-electron chi connectivity index (χ2n) is 6.20. The van der Waals surface area contributed by atoms with Gasteiger partial charge < -0.3 is 9.80 Å². The highest BCUT2D eigenvalue weighted by molar-refractivity contribution is 8.16. The zero-order valence-electron chi connectivity index (χ0n) is 13.9. The van der Waals surface area contributed by atoms with Crippen LogP contribution in [0.2, 0.25) is 0 Å². The number of benzene rings is 1. The second kappa shape index (κ2) is 6.69. The molecule has 0 bridgehead atoms. The molecular weight excluding hydrogens is 360 g/mol. The van der Waals surface area contributed by atoms with Crippen LogP contribution in [-0.2, 0) is 14.6 Å². The molecule has 2 unspecified atom stereocenters. The summed E-state index contributed by atoms with van der Waals surface area (Å²) in [7, 11) is 0.783. The van der Waals surface area contributed by atoms with E-state index >= 15 is 0 Å². The Hall–Kier alpha value is -2.05. The first-order chi connectivity index (χ1) is 11.8. The van der Waals surface area contributed by atoms with Gasteiger partial charge in [0.05, 0.1) is 23.6 Å². The minimum atomic E-state index is -3.09. The first kappa shape index (κ1) is 17.8. The number of thioether (sulfide) groups is 1. The minimum absolute atomic E-state index is 0.0472. The number of sulfone groups is 1. The normalized spacial score (nSPS) is 25.6. The van der Waals surface area contributed by atoms with Crippen molar-refractivity contribution in [2.24, 2.45) is 4.99 Å². The Kier molecular flexibility index (Phi) is 4.75. The van der Waals surface area contributed by atoms with Gasteiger partial charge in [-0.2, -0.15) is 10.3 Å². The average Bonchev–Trinajstić information content (AvgIpc) is 2.98. The fourth-order valence-corrected chi connectivity index (χ4v) is 6.92. The van der Waals surface area contributed by atoms with Crippen molar-refractivity contribution in [2.75, 3.05) is 35.4 Å². The van der Waals surface area contributed by atoms with Crippen LogP contribution in [0.15, 0.2) is 29.3 Å². The van der Waals surface area contributed by atoms with Crippen LogP contribution in [0.5, 0.6) is 0 Å². The lowest BCUT2D eigenvalue weighted by molar-refractivity contribution is -0.116. The standard InChI is InChI=1S/C16H18N4O3S2/c1-19(2)11-3-5-12(6-4-11)20-13-9-25(22,23)10-14(13)24-16(20)18-15(21)7-8-17/h3-6,13-14H,7,9-10H2,1-2H3. The minimum Gasteiger partial charge on any atom is -0.378 e. The molecule has 9 heteroatoms. The average molecular weight is 378 g/mol. The highest BCUT2D eigenvalue weighted by atomic mass is 32.2. The molecule has 2 aliphatic rings. The molecule has 2 aliphatic heterocycles. The maximum Gasteiger partial charge on any atom is 0.262 e. The number of amides is 1. The van der Waals surface area contributed by atoms with E-state index in [0.717, 1.165) is 11.4 Å². The molecule has 0 aromatic heterocycles. The zero-order valence-corrected chi connectivity index (χ0v) is 15.5. The van der Waals surface area contributed by atoms with E-state index in [1.54, 1.807) is 6.07 Å². The van der Waals surface area contributed by atoms with E-state index in [-0.39, 0.29) is 29.2 Å². The molecule has 25 heavy (non-hydrogen) atoms. The molecule has 1 aromatic carbocycles. The van der Waals surface area contributed by atoms with E-state index < -0.39 is 15.7 Å². The number of hydrogen-bond acceptors (Lipinski definition) is 6. The monoisotopic (exact) mass is 378 g/mol. The highest BCUT2D eigenvalue weighted by Gasteiger charge is 2.49. The summed E-state index contributed by atoms with van der Waals surface area (Å²) in [5, 5.41) is 8.99. The third-order valence-electron chi connectivity index (χ3n) is 4.16. The predicted octanol–water partition coefficient (Wildman–Crippen LogP) is 1.27. The van der Waals surface area contributed by atoms with Crippen molar-refractivity contribution < 1.29 is 13.2 Å². The van der Waals surface area contributed by atoms with Crippen LogP contribution < -0.4 is 9.80 Å². The van der Waals surface area contributed by atoms with Gasteiger partial charge in [0.1, 0.15) is 6.42 Å². The highest BCUT2D eigenvalue weighted by Crippen LogP contribution is 2.41. The van der Waals surface area contributed by atoms with Gasteiger partial charge in [-0.05, 0) is 24.3 Å². The number of carbonyl (C=O) groups is 1. The van der Waals surface area contributed by atoms with Crippen molar-refractivity contribution in [1.82, 2.24) is 0 Å². The van der Waals surface area contributed by atoms with Gasteiger partial charge in [0.15, 0.2) is 15.0 Å². The van der Waals surface area contributed by atoms with Crippen molar-refractivity contribution in [3.63, 3.8) is 0 Å². The van der Waals surface area contributed by atoms with Crippen molar-refractivity contribution in [3.8, 4) is 6.07 Å². The van der Waals surface area contributed by atoms with Crippen molar-refractivity contribution in [2.45, 2.75) is 17.7 Å². The zero-order chi connectivity index (χ0) is 18.2. The molecule has 2 saturated heterocycles. The van der Waals surface area contributed by atoms with Gasteiger partial charge in [-0.25, -0.2) is 8.42 Å². The molecule has 1 amide bonds. The first-order valence-electron chi connectivity index (χ1n) is 7.73. The summed E-state index contributed by atoms with van der Waals surface area (Å²) < 4.78 is 24.0. The lowest BCUT2D eigenvalue weighted by Gasteiger charge is -2.25. The van der Waals surface area contributed by atoms with Gasteiger partial charge in [0.25, 0.3) is 5.91 Å². The number of rotatable bonds is 3. The molecule has 2 atom stereocenters. The number of aliphatic imine (C=N–C) groups is 1. The Balaban J connectivity index is 1.97. The molecular formula is C16H18N4O3S2. The molecule has 0 N–H and O–H groups in total. The molecule has 2 heterocycles. The fraction of sp³-hybridized carbons (Fsp3) is 0.438. The second-order valence-corrected chi connectivity index (χ2v) is 9.56. The fourth-order valence-electron chi connectivity index (χ4n) is 2.99. The molecule has 132 valence electrons. The van der Waals surface area contributed by atoms with E-state index in [0.29, 0.717) is 5.17 Å². The molecule has 2 fully saturated rings. The number of amidine groups is 1.